The van der Waals surface area contributed by atoms with Gasteiger partial charge in [-0.05, 0) is 32.4 Å². The second-order valence-electron chi connectivity index (χ2n) is 5.01. The van der Waals surface area contributed by atoms with E-state index in [2.05, 4.69) is 12.2 Å². The Labute approximate surface area is 115 Å². The molecule has 0 radical (unpaired) electrons. The van der Waals surface area contributed by atoms with E-state index in [1.54, 1.807) is 18.9 Å². The smallest absolute Gasteiger partial charge is 0.255 e. The number of likely N-dealkylation sites (N-methyl/N-ethyl adjacent to an activating group) is 1. The predicted molar refractivity (Wildman–Crippen MR) is 78.6 cm³/mol. The molecule has 0 aromatic heterocycles. The van der Waals surface area contributed by atoms with Gasteiger partial charge in [-0.25, -0.2) is 0 Å². The molecule has 1 aromatic rings. The number of carbonyl (C=O) groups excluding carboxylic acids is 1. The summed E-state index contributed by atoms with van der Waals surface area (Å²) >= 11 is 0. The maximum absolute atomic E-state index is 12.4. The van der Waals surface area contributed by atoms with Crippen molar-refractivity contribution in [2.45, 2.75) is 33.3 Å². The quantitative estimate of drug-likeness (QED) is 0.828. The number of aliphatic hydroxyl groups excluding tert-OH is 1. The van der Waals surface area contributed by atoms with Crippen molar-refractivity contribution in [2.24, 2.45) is 0 Å². The number of nitrogens with one attached hydrogen (secondary N) is 1. The monoisotopic (exact) mass is 264 g/mol. The van der Waals surface area contributed by atoms with Gasteiger partial charge in [-0.1, -0.05) is 18.6 Å². The number of aryl methyl sites for hydroxylation is 1. The first-order valence-corrected chi connectivity index (χ1v) is 6.73. The zero-order valence-electron chi connectivity index (χ0n) is 12.2. The van der Waals surface area contributed by atoms with Gasteiger partial charge in [0.1, 0.15) is 0 Å². The van der Waals surface area contributed by atoms with Crippen LogP contribution in [0.2, 0.25) is 0 Å². The van der Waals surface area contributed by atoms with Crippen molar-refractivity contribution in [3.63, 3.8) is 0 Å². The number of benzene rings is 1. The van der Waals surface area contributed by atoms with Crippen LogP contribution in [0.4, 0.5) is 5.69 Å². The van der Waals surface area contributed by atoms with Crippen molar-refractivity contribution >= 4 is 11.6 Å². The van der Waals surface area contributed by atoms with Crippen LogP contribution < -0.4 is 5.32 Å². The lowest BCUT2D eigenvalue weighted by molar-refractivity contribution is 0.0704. The van der Waals surface area contributed by atoms with E-state index >= 15 is 0 Å². The minimum absolute atomic E-state index is 0.0665. The molecule has 1 unspecified atom stereocenters. The van der Waals surface area contributed by atoms with Crippen molar-refractivity contribution < 1.29 is 9.90 Å². The third-order valence-electron chi connectivity index (χ3n) is 2.86. The Morgan fingerprint density at radius 2 is 2.16 bits per heavy atom. The fourth-order valence-electron chi connectivity index (χ4n) is 1.93. The van der Waals surface area contributed by atoms with Gasteiger partial charge in [0.25, 0.3) is 5.91 Å². The maximum Gasteiger partial charge on any atom is 0.255 e. The summed E-state index contributed by atoms with van der Waals surface area (Å²) in [6.45, 7) is 6.90. The highest BCUT2D eigenvalue weighted by molar-refractivity contribution is 5.99. The molecule has 1 aromatic carbocycles. The van der Waals surface area contributed by atoms with Crippen LogP contribution in [0.25, 0.3) is 0 Å². The van der Waals surface area contributed by atoms with E-state index < -0.39 is 6.10 Å². The van der Waals surface area contributed by atoms with Gasteiger partial charge in [0, 0.05) is 25.8 Å². The molecule has 0 spiro atoms. The average molecular weight is 264 g/mol. The van der Waals surface area contributed by atoms with Crippen molar-refractivity contribution in [3.05, 3.63) is 29.3 Å². The van der Waals surface area contributed by atoms with Gasteiger partial charge in [0.05, 0.1) is 11.7 Å². The van der Waals surface area contributed by atoms with Crippen LogP contribution in [-0.4, -0.2) is 42.2 Å². The lowest BCUT2D eigenvalue weighted by Gasteiger charge is -2.21. The summed E-state index contributed by atoms with van der Waals surface area (Å²) in [6, 6.07) is 5.82. The van der Waals surface area contributed by atoms with Crippen molar-refractivity contribution in [1.82, 2.24) is 4.90 Å². The summed E-state index contributed by atoms with van der Waals surface area (Å²) in [5, 5.41) is 12.6. The molecule has 0 fully saturated rings. The molecule has 1 amide bonds. The largest absolute Gasteiger partial charge is 0.392 e. The minimum atomic E-state index is -0.522. The number of anilines is 1. The van der Waals surface area contributed by atoms with Crippen LogP contribution in [-0.2, 0) is 0 Å². The van der Waals surface area contributed by atoms with Gasteiger partial charge >= 0.3 is 0 Å². The van der Waals surface area contributed by atoms with Crippen molar-refractivity contribution in [3.8, 4) is 0 Å². The lowest BCUT2D eigenvalue weighted by atomic mass is 10.1. The Kier molecular flexibility index (Phi) is 5.83. The third kappa shape index (κ3) is 4.56. The van der Waals surface area contributed by atoms with Crippen LogP contribution in [0.3, 0.4) is 0 Å². The minimum Gasteiger partial charge on any atom is -0.392 e. The van der Waals surface area contributed by atoms with E-state index in [0.717, 1.165) is 24.2 Å². The number of aliphatic hydroxyl groups is 1. The van der Waals surface area contributed by atoms with E-state index in [9.17, 15) is 9.90 Å². The number of carbonyl (C=O) groups is 1. The number of hydrogen-bond donors (Lipinski definition) is 2. The molecular weight excluding hydrogens is 240 g/mol. The highest BCUT2D eigenvalue weighted by atomic mass is 16.3. The Morgan fingerprint density at radius 1 is 1.47 bits per heavy atom. The van der Waals surface area contributed by atoms with Gasteiger partial charge in [0.15, 0.2) is 0 Å². The Bertz CT molecular complexity index is 430. The fourth-order valence-corrected chi connectivity index (χ4v) is 1.93. The van der Waals surface area contributed by atoms with Crippen molar-refractivity contribution in [1.29, 1.82) is 0 Å². The Balaban J connectivity index is 2.95. The molecule has 1 rings (SSSR count). The van der Waals surface area contributed by atoms with Crippen LogP contribution in [0.15, 0.2) is 18.2 Å². The van der Waals surface area contributed by atoms with Gasteiger partial charge in [-0.15, -0.1) is 0 Å². The first-order valence-electron chi connectivity index (χ1n) is 6.73. The highest BCUT2D eigenvalue weighted by Gasteiger charge is 2.17. The van der Waals surface area contributed by atoms with E-state index in [1.165, 1.54) is 0 Å². The highest BCUT2D eigenvalue weighted by Crippen LogP contribution is 2.19. The number of amides is 1. The normalized spacial score (nSPS) is 12.1. The van der Waals surface area contributed by atoms with Gasteiger partial charge in [0.2, 0.25) is 0 Å². The van der Waals surface area contributed by atoms with E-state index in [4.69, 9.17) is 0 Å². The van der Waals surface area contributed by atoms with Crippen LogP contribution in [0.1, 0.15) is 36.2 Å². The molecule has 1 atom stereocenters. The number of nitrogens with zero attached hydrogens (tertiary/aromatic N) is 1. The summed E-state index contributed by atoms with van der Waals surface area (Å²) < 4.78 is 0. The molecule has 0 aliphatic rings. The van der Waals surface area contributed by atoms with Gasteiger partial charge in [-0.3, -0.25) is 4.79 Å². The summed E-state index contributed by atoms with van der Waals surface area (Å²) in [5.74, 6) is -0.0665. The molecule has 0 aliphatic heterocycles. The molecule has 4 nitrogen and oxygen atoms in total. The first-order chi connectivity index (χ1) is 8.95. The third-order valence-corrected chi connectivity index (χ3v) is 2.86. The second-order valence-corrected chi connectivity index (χ2v) is 5.01. The topological polar surface area (TPSA) is 52.6 Å². The summed E-state index contributed by atoms with van der Waals surface area (Å²) in [5.41, 5.74) is 2.57. The zero-order valence-corrected chi connectivity index (χ0v) is 12.2. The summed E-state index contributed by atoms with van der Waals surface area (Å²) in [4.78, 5) is 13.9. The molecule has 2 N–H and O–H groups in total. The number of rotatable bonds is 6. The molecule has 4 heteroatoms. The van der Waals surface area contributed by atoms with Crippen LogP contribution >= 0.6 is 0 Å². The Morgan fingerprint density at radius 3 is 2.74 bits per heavy atom. The fraction of sp³-hybridized carbons (Fsp3) is 0.533. The van der Waals surface area contributed by atoms with Gasteiger partial charge < -0.3 is 15.3 Å². The van der Waals surface area contributed by atoms with Crippen LogP contribution in [0.5, 0.6) is 0 Å². The van der Waals surface area contributed by atoms with Gasteiger partial charge in [-0.2, -0.15) is 0 Å². The second kappa shape index (κ2) is 7.14. The molecule has 0 saturated carbocycles. The lowest BCUT2D eigenvalue weighted by Crippen LogP contribution is -2.33. The van der Waals surface area contributed by atoms with Crippen molar-refractivity contribution in [2.75, 3.05) is 25.5 Å². The van der Waals surface area contributed by atoms with E-state index in [1.807, 2.05) is 25.1 Å². The molecule has 0 aliphatic carbocycles. The molecule has 0 bridgehead atoms. The first kappa shape index (κ1) is 15.5. The molecule has 0 heterocycles. The zero-order chi connectivity index (χ0) is 14.4. The van der Waals surface area contributed by atoms with Crippen LogP contribution in [0, 0.1) is 6.92 Å². The predicted octanol–water partition coefficient (Wildman–Crippen LogP) is 2.27. The maximum atomic E-state index is 12.4. The average Bonchev–Trinajstić information content (AvgIpc) is 2.35. The van der Waals surface area contributed by atoms with E-state index in [0.29, 0.717) is 12.1 Å². The molecule has 106 valence electrons. The summed E-state index contributed by atoms with van der Waals surface area (Å²) in [6.07, 6.45) is 0.483. The molecule has 0 saturated heterocycles. The molecular formula is C15H24N2O2. The SMILES string of the molecule is CCCNc1ccc(C)cc1C(=O)N(C)CC(C)O. The standard InChI is InChI=1S/C15H24N2O2/c1-5-8-16-14-7-6-11(2)9-13(14)15(19)17(4)10-12(3)18/h6-7,9,12,16,18H,5,8,10H2,1-4H3. The Hall–Kier alpha value is -1.55. The number of hydrogen-bond acceptors (Lipinski definition) is 3. The van der Waals surface area contributed by atoms with E-state index in [-0.39, 0.29) is 5.91 Å². The molecule has 19 heavy (non-hydrogen) atoms. The summed E-state index contributed by atoms with van der Waals surface area (Å²) in [7, 11) is 1.71.